The van der Waals surface area contributed by atoms with Crippen molar-refractivity contribution in [2.45, 2.75) is 4.90 Å². The van der Waals surface area contributed by atoms with Gasteiger partial charge in [-0.05, 0) is 36.6 Å². The standard InChI is InChI=1S/C14H12N2O3S/c1-20-11-8-6-10(7-9-11)15-14(17)12-4-2-3-5-13(12)16(18)19/h2-9H,1H3,(H,15,17). The second-order valence-electron chi connectivity index (χ2n) is 3.96. The van der Waals surface area contributed by atoms with Gasteiger partial charge in [0.15, 0.2) is 0 Å². The highest BCUT2D eigenvalue weighted by Crippen LogP contribution is 2.21. The topological polar surface area (TPSA) is 72.2 Å². The predicted molar refractivity (Wildman–Crippen MR) is 79.3 cm³/mol. The van der Waals surface area contributed by atoms with Crippen LogP contribution >= 0.6 is 11.8 Å². The Hall–Kier alpha value is -2.34. The van der Waals surface area contributed by atoms with Crippen LogP contribution in [0.25, 0.3) is 0 Å². The van der Waals surface area contributed by atoms with Crippen molar-refractivity contribution < 1.29 is 9.72 Å². The molecule has 2 aromatic rings. The third kappa shape index (κ3) is 3.16. The molecular formula is C14H12N2O3S. The van der Waals surface area contributed by atoms with E-state index in [4.69, 9.17) is 0 Å². The Labute approximate surface area is 120 Å². The number of nitrogens with one attached hydrogen (secondary N) is 1. The molecule has 0 unspecified atom stereocenters. The van der Waals surface area contributed by atoms with Crippen molar-refractivity contribution in [3.63, 3.8) is 0 Å². The van der Waals surface area contributed by atoms with Crippen LogP contribution in [-0.4, -0.2) is 17.1 Å². The number of amides is 1. The van der Waals surface area contributed by atoms with Gasteiger partial charge >= 0.3 is 0 Å². The zero-order valence-corrected chi connectivity index (χ0v) is 11.5. The Kier molecular flexibility index (Phi) is 4.37. The monoisotopic (exact) mass is 288 g/mol. The molecule has 20 heavy (non-hydrogen) atoms. The van der Waals surface area contributed by atoms with Crippen LogP contribution < -0.4 is 5.32 Å². The van der Waals surface area contributed by atoms with Crippen molar-refractivity contribution in [2.24, 2.45) is 0 Å². The molecule has 0 fully saturated rings. The quantitative estimate of drug-likeness (QED) is 0.530. The smallest absolute Gasteiger partial charge is 0.282 e. The second-order valence-corrected chi connectivity index (χ2v) is 4.84. The fourth-order valence-corrected chi connectivity index (χ4v) is 2.11. The maximum Gasteiger partial charge on any atom is 0.282 e. The minimum atomic E-state index is -0.564. The third-order valence-electron chi connectivity index (χ3n) is 2.69. The number of benzene rings is 2. The molecule has 0 saturated heterocycles. The molecule has 102 valence electrons. The van der Waals surface area contributed by atoms with Gasteiger partial charge in [-0.1, -0.05) is 12.1 Å². The molecule has 1 N–H and O–H groups in total. The van der Waals surface area contributed by atoms with Crippen molar-refractivity contribution in [3.05, 3.63) is 64.2 Å². The first-order valence-corrected chi connectivity index (χ1v) is 7.03. The van der Waals surface area contributed by atoms with Gasteiger partial charge in [-0.2, -0.15) is 0 Å². The molecule has 0 spiro atoms. The van der Waals surface area contributed by atoms with Crippen LogP contribution in [-0.2, 0) is 0 Å². The fourth-order valence-electron chi connectivity index (χ4n) is 1.70. The highest BCUT2D eigenvalue weighted by atomic mass is 32.2. The molecule has 0 aliphatic rings. The number of hydrogen-bond acceptors (Lipinski definition) is 4. The summed E-state index contributed by atoms with van der Waals surface area (Å²) in [7, 11) is 0. The number of anilines is 1. The van der Waals surface area contributed by atoms with Crippen molar-refractivity contribution in [1.29, 1.82) is 0 Å². The van der Waals surface area contributed by atoms with Gasteiger partial charge in [-0.15, -0.1) is 11.8 Å². The maximum atomic E-state index is 12.1. The molecular weight excluding hydrogens is 276 g/mol. The zero-order valence-electron chi connectivity index (χ0n) is 10.7. The number of carbonyl (C=O) groups is 1. The van der Waals surface area contributed by atoms with Crippen LogP contribution in [0.5, 0.6) is 0 Å². The van der Waals surface area contributed by atoms with E-state index in [0.29, 0.717) is 5.69 Å². The van der Waals surface area contributed by atoms with Crippen LogP contribution in [0.3, 0.4) is 0 Å². The first kappa shape index (κ1) is 14.1. The molecule has 6 heteroatoms. The number of nitro groups is 1. The molecule has 2 aromatic carbocycles. The SMILES string of the molecule is CSc1ccc(NC(=O)c2ccccc2[N+](=O)[O-])cc1. The number of thioether (sulfide) groups is 1. The lowest BCUT2D eigenvalue weighted by atomic mass is 10.1. The lowest BCUT2D eigenvalue weighted by Gasteiger charge is -2.06. The van der Waals surface area contributed by atoms with Gasteiger partial charge in [0.1, 0.15) is 5.56 Å². The summed E-state index contributed by atoms with van der Waals surface area (Å²) in [5.74, 6) is -0.491. The van der Waals surface area contributed by atoms with E-state index in [1.54, 1.807) is 30.0 Å². The maximum absolute atomic E-state index is 12.1. The summed E-state index contributed by atoms with van der Waals surface area (Å²) in [6, 6.07) is 13.1. The number of hydrogen-bond donors (Lipinski definition) is 1. The lowest BCUT2D eigenvalue weighted by Crippen LogP contribution is -2.13. The Balaban J connectivity index is 2.21. The van der Waals surface area contributed by atoms with Crippen LogP contribution in [0.1, 0.15) is 10.4 Å². The molecule has 0 radical (unpaired) electrons. The summed E-state index contributed by atoms with van der Waals surface area (Å²) in [5, 5.41) is 13.5. The van der Waals surface area contributed by atoms with Crippen LogP contribution in [0.15, 0.2) is 53.4 Å². The summed E-state index contributed by atoms with van der Waals surface area (Å²) in [6.07, 6.45) is 1.96. The van der Waals surface area contributed by atoms with Crippen molar-refractivity contribution in [3.8, 4) is 0 Å². The predicted octanol–water partition coefficient (Wildman–Crippen LogP) is 3.57. The molecule has 5 nitrogen and oxygen atoms in total. The average Bonchev–Trinajstić information content (AvgIpc) is 2.48. The normalized spacial score (nSPS) is 10.1. The average molecular weight is 288 g/mol. The van der Waals surface area contributed by atoms with E-state index in [0.717, 1.165) is 4.90 Å². The number of nitro benzene ring substituents is 1. The van der Waals surface area contributed by atoms with Gasteiger partial charge in [-0.25, -0.2) is 0 Å². The molecule has 1 amide bonds. The Morgan fingerprint density at radius 1 is 1.15 bits per heavy atom. The third-order valence-corrected chi connectivity index (χ3v) is 3.44. The van der Waals surface area contributed by atoms with E-state index < -0.39 is 10.8 Å². The van der Waals surface area contributed by atoms with E-state index in [-0.39, 0.29) is 11.3 Å². The van der Waals surface area contributed by atoms with Gasteiger partial charge < -0.3 is 5.32 Å². The summed E-state index contributed by atoms with van der Waals surface area (Å²) in [4.78, 5) is 23.5. The van der Waals surface area contributed by atoms with Gasteiger partial charge in [-0.3, -0.25) is 14.9 Å². The van der Waals surface area contributed by atoms with Gasteiger partial charge in [0.25, 0.3) is 11.6 Å². The second kappa shape index (κ2) is 6.21. The fraction of sp³-hybridized carbons (Fsp3) is 0.0714. The summed E-state index contributed by atoms with van der Waals surface area (Å²) in [6.45, 7) is 0. The molecule has 2 rings (SSSR count). The minimum Gasteiger partial charge on any atom is -0.322 e. The molecule has 0 aliphatic carbocycles. The van der Waals surface area contributed by atoms with Crippen molar-refractivity contribution >= 4 is 29.0 Å². The van der Waals surface area contributed by atoms with Gasteiger partial charge in [0.2, 0.25) is 0 Å². The van der Waals surface area contributed by atoms with E-state index in [1.165, 1.54) is 18.2 Å². The number of para-hydroxylation sites is 1. The Bertz CT molecular complexity index is 641. The Morgan fingerprint density at radius 3 is 2.40 bits per heavy atom. The summed E-state index contributed by atoms with van der Waals surface area (Å²) < 4.78 is 0. The number of nitrogens with zero attached hydrogens (tertiary/aromatic N) is 1. The zero-order chi connectivity index (χ0) is 14.5. The highest BCUT2D eigenvalue weighted by Gasteiger charge is 2.18. The van der Waals surface area contributed by atoms with Crippen LogP contribution in [0, 0.1) is 10.1 Å². The number of carbonyl (C=O) groups excluding carboxylic acids is 1. The minimum absolute atomic E-state index is 0.0476. The molecule has 0 saturated carbocycles. The molecule has 0 bridgehead atoms. The van der Waals surface area contributed by atoms with Gasteiger partial charge in [0.05, 0.1) is 4.92 Å². The summed E-state index contributed by atoms with van der Waals surface area (Å²) in [5.41, 5.74) is 0.447. The first-order valence-electron chi connectivity index (χ1n) is 5.80. The first-order chi connectivity index (χ1) is 9.61. The summed E-state index contributed by atoms with van der Waals surface area (Å²) >= 11 is 1.60. The van der Waals surface area contributed by atoms with Crippen LogP contribution in [0.4, 0.5) is 11.4 Å². The molecule has 0 atom stereocenters. The lowest BCUT2D eigenvalue weighted by molar-refractivity contribution is -0.385. The largest absolute Gasteiger partial charge is 0.322 e. The number of rotatable bonds is 4. The van der Waals surface area contributed by atoms with E-state index >= 15 is 0 Å². The van der Waals surface area contributed by atoms with E-state index in [2.05, 4.69) is 5.32 Å². The van der Waals surface area contributed by atoms with E-state index in [1.807, 2.05) is 18.4 Å². The van der Waals surface area contributed by atoms with Gasteiger partial charge in [0, 0.05) is 16.6 Å². The molecule has 0 aliphatic heterocycles. The molecule has 0 heterocycles. The molecule has 0 aromatic heterocycles. The highest BCUT2D eigenvalue weighted by molar-refractivity contribution is 7.98. The van der Waals surface area contributed by atoms with Crippen LogP contribution in [0.2, 0.25) is 0 Å². The van der Waals surface area contributed by atoms with E-state index in [9.17, 15) is 14.9 Å². The Morgan fingerprint density at radius 2 is 1.80 bits per heavy atom. The van der Waals surface area contributed by atoms with Crippen molar-refractivity contribution in [2.75, 3.05) is 11.6 Å². The van der Waals surface area contributed by atoms with Crippen molar-refractivity contribution in [1.82, 2.24) is 0 Å².